The number of nitrogens with zero attached hydrogens (tertiary/aromatic N) is 1. The van der Waals surface area contributed by atoms with E-state index in [1.165, 1.54) is 53.4 Å². The molecule has 1 amide bonds. The number of hydrogen-bond acceptors (Lipinski definition) is 6. The SMILES string of the molecule is O=C1CCCN1C(O)C(Cl)(Cl)Cl.Oc1ccc(O)cc1.Oc1ccc(O)cc1. The number of phenolic OH excluding ortho intramolecular Hbond substituents is 4. The lowest BCUT2D eigenvalue weighted by Gasteiger charge is -2.27. The van der Waals surface area contributed by atoms with Gasteiger partial charge in [-0.3, -0.25) is 4.79 Å². The topological polar surface area (TPSA) is 121 Å². The van der Waals surface area contributed by atoms with Crippen molar-refractivity contribution in [2.24, 2.45) is 0 Å². The maximum atomic E-state index is 11.1. The van der Waals surface area contributed by atoms with Crippen LogP contribution in [-0.4, -0.2) is 52.9 Å². The van der Waals surface area contributed by atoms with E-state index in [2.05, 4.69) is 0 Å². The van der Waals surface area contributed by atoms with Crippen LogP contribution in [0.25, 0.3) is 0 Å². The van der Waals surface area contributed by atoms with Crippen molar-refractivity contribution in [2.45, 2.75) is 22.9 Å². The molecule has 1 aliphatic rings. The highest BCUT2D eigenvalue weighted by Crippen LogP contribution is 2.33. The molecule has 0 saturated carbocycles. The molecule has 1 aliphatic heterocycles. The number of likely N-dealkylation sites (tertiary alicyclic amines) is 1. The summed E-state index contributed by atoms with van der Waals surface area (Å²) in [5, 5.41) is 43.9. The van der Waals surface area contributed by atoms with E-state index in [-0.39, 0.29) is 28.9 Å². The lowest BCUT2D eigenvalue weighted by atomic mass is 10.3. The number of carbonyl (C=O) groups excluding carboxylic acids is 1. The van der Waals surface area contributed by atoms with Crippen molar-refractivity contribution in [1.29, 1.82) is 0 Å². The number of phenols is 4. The molecular formula is C18H20Cl3NO6. The third kappa shape index (κ3) is 8.75. The molecule has 1 heterocycles. The average molecular weight is 453 g/mol. The number of aliphatic hydroxyl groups excluding tert-OH is 1. The molecule has 1 atom stereocenters. The van der Waals surface area contributed by atoms with Crippen LogP contribution in [0.5, 0.6) is 23.0 Å². The van der Waals surface area contributed by atoms with Crippen molar-refractivity contribution in [1.82, 2.24) is 4.90 Å². The number of halogens is 3. The van der Waals surface area contributed by atoms with Gasteiger partial charge in [0.05, 0.1) is 0 Å². The van der Waals surface area contributed by atoms with E-state index in [0.717, 1.165) is 0 Å². The van der Waals surface area contributed by atoms with Crippen molar-refractivity contribution in [2.75, 3.05) is 6.54 Å². The number of rotatable bonds is 1. The molecule has 0 bridgehead atoms. The Hall–Kier alpha value is -2.06. The second-order valence-electron chi connectivity index (χ2n) is 5.64. The molecule has 1 unspecified atom stereocenters. The van der Waals surface area contributed by atoms with Crippen molar-refractivity contribution >= 4 is 40.7 Å². The summed E-state index contributed by atoms with van der Waals surface area (Å²) in [5.74, 6) is 0.505. The molecular weight excluding hydrogens is 433 g/mol. The highest BCUT2D eigenvalue weighted by Gasteiger charge is 2.39. The van der Waals surface area contributed by atoms with Gasteiger partial charge >= 0.3 is 0 Å². The van der Waals surface area contributed by atoms with Crippen LogP contribution < -0.4 is 0 Å². The lowest BCUT2D eigenvalue weighted by Crippen LogP contribution is -2.44. The molecule has 0 aliphatic carbocycles. The number of carbonyl (C=O) groups is 1. The molecule has 0 spiro atoms. The van der Waals surface area contributed by atoms with Gasteiger partial charge in [-0.05, 0) is 55.0 Å². The van der Waals surface area contributed by atoms with Gasteiger partial charge in [0.1, 0.15) is 23.0 Å². The van der Waals surface area contributed by atoms with Crippen LogP contribution in [0.15, 0.2) is 48.5 Å². The third-order valence-electron chi connectivity index (χ3n) is 3.40. The summed E-state index contributed by atoms with van der Waals surface area (Å²) in [7, 11) is 0. The minimum Gasteiger partial charge on any atom is -0.508 e. The Morgan fingerprint density at radius 1 is 0.786 bits per heavy atom. The Morgan fingerprint density at radius 2 is 1.11 bits per heavy atom. The summed E-state index contributed by atoms with van der Waals surface area (Å²) in [5.41, 5.74) is 0. The van der Waals surface area contributed by atoms with Gasteiger partial charge in [-0.25, -0.2) is 0 Å². The predicted molar refractivity (Wildman–Crippen MR) is 107 cm³/mol. The summed E-state index contributed by atoms with van der Waals surface area (Å²) in [6, 6.07) is 11.4. The minimum atomic E-state index is -1.82. The zero-order chi connectivity index (χ0) is 21.3. The first kappa shape index (κ1) is 24.0. The Labute approximate surface area is 176 Å². The van der Waals surface area contributed by atoms with E-state index in [1.54, 1.807) is 0 Å². The van der Waals surface area contributed by atoms with Crippen LogP contribution in [0.4, 0.5) is 0 Å². The van der Waals surface area contributed by atoms with Gasteiger partial charge < -0.3 is 30.4 Å². The van der Waals surface area contributed by atoms with Gasteiger partial charge in [-0.1, -0.05) is 34.8 Å². The number of hydrogen-bond donors (Lipinski definition) is 5. The van der Waals surface area contributed by atoms with Gasteiger partial charge in [-0.15, -0.1) is 0 Å². The normalized spacial score (nSPS) is 14.4. The van der Waals surface area contributed by atoms with Crippen molar-refractivity contribution in [3.05, 3.63) is 48.5 Å². The molecule has 1 fully saturated rings. The fourth-order valence-electron chi connectivity index (χ4n) is 2.01. The molecule has 2 aromatic rings. The first-order chi connectivity index (χ1) is 13.0. The first-order valence-corrected chi connectivity index (χ1v) is 9.14. The highest BCUT2D eigenvalue weighted by atomic mass is 35.6. The molecule has 28 heavy (non-hydrogen) atoms. The van der Waals surface area contributed by atoms with Crippen LogP contribution in [-0.2, 0) is 4.79 Å². The van der Waals surface area contributed by atoms with Gasteiger partial charge in [-0.2, -0.15) is 0 Å². The van der Waals surface area contributed by atoms with Gasteiger partial charge in [0.2, 0.25) is 9.70 Å². The predicted octanol–water partition coefficient (Wildman–Crippen LogP) is 3.49. The maximum absolute atomic E-state index is 11.1. The number of aromatic hydroxyl groups is 4. The number of alkyl halides is 3. The largest absolute Gasteiger partial charge is 0.508 e. The van der Waals surface area contributed by atoms with Crippen LogP contribution in [0.1, 0.15) is 12.8 Å². The van der Waals surface area contributed by atoms with E-state index >= 15 is 0 Å². The third-order valence-corrected chi connectivity index (χ3v) is 3.98. The summed E-state index contributed by atoms with van der Waals surface area (Å²) in [6.45, 7) is 0.452. The highest BCUT2D eigenvalue weighted by molar-refractivity contribution is 6.68. The smallest absolute Gasteiger partial charge is 0.234 e. The number of amides is 1. The number of benzene rings is 2. The van der Waals surface area contributed by atoms with Gasteiger partial charge in [0, 0.05) is 13.0 Å². The molecule has 1 saturated heterocycles. The Kier molecular flexibility index (Phi) is 9.48. The van der Waals surface area contributed by atoms with Crippen LogP contribution in [0, 0.1) is 0 Å². The monoisotopic (exact) mass is 451 g/mol. The second kappa shape index (κ2) is 11.1. The van der Waals surface area contributed by atoms with E-state index in [1.807, 2.05) is 0 Å². The molecule has 7 nitrogen and oxygen atoms in total. The summed E-state index contributed by atoms with van der Waals surface area (Å²) in [4.78, 5) is 12.2. The molecule has 0 radical (unpaired) electrons. The Morgan fingerprint density at radius 3 is 1.32 bits per heavy atom. The fraction of sp³-hybridized carbons (Fsp3) is 0.278. The van der Waals surface area contributed by atoms with Crippen LogP contribution in [0.2, 0.25) is 0 Å². The summed E-state index contributed by atoms with van der Waals surface area (Å²) >= 11 is 16.2. The standard InChI is InChI=1S/C6H8Cl3NO2.2C6H6O2/c7-6(8,9)5(12)10-3-1-2-4(10)11;2*7-5-1-2-6(8)4-3-5/h5,12H,1-3H2;2*1-4,7-8H. The molecule has 154 valence electrons. The van der Waals surface area contributed by atoms with Crippen molar-refractivity contribution in [3.8, 4) is 23.0 Å². The van der Waals surface area contributed by atoms with Crippen molar-refractivity contribution < 1.29 is 30.3 Å². The fourth-order valence-corrected chi connectivity index (χ4v) is 2.36. The van der Waals surface area contributed by atoms with Crippen molar-refractivity contribution in [3.63, 3.8) is 0 Å². The molecule has 5 N–H and O–H groups in total. The molecule has 10 heteroatoms. The molecule has 2 aromatic carbocycles. The minimum absolute atomic E-state index is 0.169. The maximum Gasteiger partial charge on any atom is 0.234 e. The Balaban J connectivity index is 0.000000217. The van der Waals surface area contributed by atoms with Gasteiger partial charge in [0.15, 0.2) is 6.23 Å². The molecule has 3 rings (SSSR count). The van der Waals surface area contributed by atoms with E-state index in [0.29, 0.717) is 19.4 Å². The first-order valence-electron chi connectivity index (χ1n) is 8.01. The van der Waals surface area contributed by atoms with Crippen LogP contribution >= 0.6 is 34.8 Å². The summed E-state index contributed by atoms with van der Waals surface area (Å²) in [6.07, 6.45) is -0.216. The van der Waals surface area contributed by atoms with Gasteiger partial charge in [0.25, 0.3) is 0 Å². The lowest BCUT2D eigenvalue weighted by molar-refractivity contribution is -0.136. The number of aliphatic hydroxyl groups is 1. The zero-order valence-corrected chi connectivity index (χ0v) is 16.8. The second-order valence-corrected chi connectivity index (χ2v) is 8.01. The zero-order valence-electron chi connectivity index (χ0n) is 14.5. The van der Waals surface area contributed by atoms with Crippen LogP contribution in [0.3, 0.4) is 0 Å². The Bertz CT molecular complexity index is 649. The summed E-state index contributed by atoms with van der Waals surface area (Å²) < 4.78 is -1.82. The average Bonchev–Trinajstić information content (AvgIpc) is 3.05. The van der Waals surface area contributed by atoms with E-state index in [9.17, 15) is 9.90 Å². The van der Waals surface area contributed by atoms with E-state index < -0.39 is 10.0 Å². The molecule has 0 aromatic heterocycles. The quantitative estimate of drug-likeness (QED) is 0.333. The van der Waals surface area contributed by atoms with E-state index in [4.69, 9.17) is 55.2 Å².